The second kappa shape index (κ2) is 6.60. The van der Waals surface area contributed by atoms with Crippen LogP contribution in [-0.4, -0.2) is 0 Å². The van der Waals surface area contributed by atoms with Gasteiger partial charge >= 0.3 is 0 Å². The molecular weight excluding hydrogens is 278 g/mol. The third-order valence-electron chi connectivity index (χ3n) is 5.06. The van der Waals surface area contributed by atoms with Gasteiger partial charge in [-0.2, -0.15) is 0 Å². The van der Waals surface area contributed by atoms with E-state index in [-0.39, 0.29) is 0 Å². The molecule has 3 rings (SSSR count). The van der Waals surface area contributed by atoms with Gasteiger partial charge in [-0.05, 0) is 66.3 Å². The van der Waals surface area contributed by atoms with Crippen LogP contribution in [0.3, 0.4) is 0 Å². The number of rotatable bonds is 3. The highest BCUT2D eigenvalue weighted by atomic mass is 19.2. The molecule has 116 valence electrons. The van der Waals surface area contributed by atoms with Crippen LogP contribution in [0.1, 0.15) is 50.5 Å². The summed E-state index contributed by atoms with van der Waals surface area (Å²) in [6.07, 6.45) is 6.48. The Bertz CT molecular complexity index is 623. The second-order valence-corrected chi connectivity index (χ2v) is 6.38. The van der Waals surface area contributed by atoms with E-state index in [2.05, 4.69) is 19.1 Å². The zero-order valence-electron chi connectivity index (χ0n) is 13.0. The van der Waals surface area contributed by atoms with Crippen LogP contribution in [-0.2, 0) is 0 Å². The van der Waals surface area contributed by atoms with E-state index < -0.39 is 11.6 Å². The summed E-state index contributed by atoms with van der Waals surface area (Å²) in [6.45, 7) is 2.28. The quantitative estimate of drug-likeness (QED) is 0.622. The lowest BCUT2D eigenvalue weighted by molar-refractivity contribution is 0.319. The molecule has 0 spiro atoms. The van der Waals surface area contributed by atoms with Crippen LogP contribution in [0, 0.1) is 17.6 Å². The Morgan fingerprint density at radius 1 is 0.818 bits per heavy atom. The molecule has 0 amide bonds. The largest absolute Gasteiger partial charge is 0.204 e. The SMILES string of the molecule is CC[C@H]1CC[C@H](c2ccc(-c3ccc(F)c(F)c3)cc2)CC1. The summed E-state index contributed by atoms with van der Waals surface area (Å²) in [5.41, 5.74) is 3.03. The molecule has 1 fully saturated rings. The minimum absolute atomic E-state index is 0.654. The predicted molar refractivity (Wildman–Crippen MR) is 86.8 cm³/mol. The Morgan fingerprint density at radius 3 is 2.05 bits per heavy atom. The summed E-state index contributed by atoms with van der Waals surface area (Å²) in [7, 11) is 0. The standard InChI is InChI=1S/C20H22F2/c1-2-14-3-5-15(6-4-14)16-7-9-17(10-8-16)18-11-12-19(21)20(22)13-18/h7-15H,2-6H2,1H3/t14-,15-. The molecule has 0 saturated heterocycles. The normalized spacial score (nSPS) is 21.8. The fraction of sp³-hybridized carbons (Fsp3) is 0.400. The summed E-state index contributed by atoms with van der Waals surface area (Å²) in [4.78, 5) is 0. The zero-order chi connectivity index (χ0) is 15.5. The van der Waals surface area contributed by atoms with Crippen LogP contribution in [0.2, 0.25) is 0 Å². The maximum Gasteiger partial charge on any atom is 0.159 e. The van der Waals surface area contributed by atoms with Crippen molar-refractivity contribution >= 4 is 0 Å². The topological polar surface area (TPSA) is 0 Å². The molecule has 0 radical (unpaired) electrons. The van der Waals surface area contributed by atoms with Gasteiger partial charge in [0.05, 0.1) is 0 Å². The second-order valence-electron chi connectivity index (χ2n) is 6.38. The van der Waals surface area contributed by atoms with Crippen LogP contribution in [0.25, 0.3) is 11.1 Å². The summed E-state index contributed by atoms with van der Waals surface area (Å²) in [6, 6.07) is 12.4. The molecule has 0 atom stereocenters. The highest BCUT2D eigenvalue weighted by Gasteiger charge is 2.21. The molecule has 1 aliphatic rings. The smallest absolute Gasteiger partial charge is 0.159 e. The first-order valence-electron chi connectivity index (χ1n) is 8.22. The molecule has 0 N–H and O–H groups in total. The Balaban J connectivity index is 1.74. The average molecular weight is 300 g/mol. The van der Waals surface area contributed by atoms with Gasteiger partial charge in [0.15, 0.2) is 11.6 Å². The van der Waals surface area contributed by atoms with E-state index in [4.69, 9.17) is 0 Å². The Hall–Kier alpha value is -1.70. The van der Waals surface area contributed by atoms with Crippen LogP contribution in [0.4, 0.5) is 8.78 Å². The van der Waals surface area contributed by atoms with Crippen molar-refractivity contribution in [3.05, 3.63) is 59.7 Å². The third kappa shape index (κ3) is 3.21. The van der Waals surface area contributed by atoms with Crippen molar-refractivity contribution in [2.24, 2.45) is 5.92 Å². The van der Waals surface area contributed by atoms with Crippen LogP contribution >= 0.6 is 0 Å². The van der Waals surface area contributed by atoms with Gasteiger partial charge in [-0.25, -0.2) is 8.78 Å². The minimum atomic E-state index is -0.798. The van der Waals surface area contributed by atoms with E-state index in [1.165, 1.54) is 49.8 Å². The Labute approximate surface area is 131 Å². The predicted octanol–water partition coefficient (Wildman–Crippen LogP) is 6.32. The van der Waals surface area contributed by atoms with Crippen molar-refractivity contribution in [2.45, 2.75) is 44.9 Å². The van der Waals surface area contributed by atoms with Gasteiger partial charge in [-0.1, -0.05) is 43.7 Å². The van der Waals surface area contributed by atoms with Crippen molar-refractivity contribution in [1.29, 1.82) is 0 Å². The lowest BCUT2D eigenvalue weighted by Crippen LogP contribution is -2.12. The Morgan fingerprint density at radius 2 is 1.45 bits per heavy atom. The summed E-state index contributed by atoms with van der Waals surface area (Å²) in [5.74, 6) is -0.0352. The molecule has 0 aliphatic heterocycles. The lowest BCUT2D eigenvalue weighted by Gasteiger charge is -2.28. The first-order valence-corrected chi connectivity index (χ1v) is 8.22. The maximum absolute atomic E-state index is 13.3. The van der Waals surface area contributed by atoms with Crippen LogP contribution in [0.5, 0.6) is 0 Å². The average Bonchev–Trinajstić information content (AvgIpc) is 2.58. The number of hydrogen-bond acceptors (Lipinski definition) is 0. The van der Waals surface area contributed by atoms with E-state index in [1.54, 1.807) is 6.07 Å². The summed E-state index contributed by atoms with van der Waals surface area (Å²) in [5, 5.41) is 0. The Kier molecular flexibility index (Phi) is 4.56. The van der Waals surface area contributed by atoms with Crippen molar-refractivity contribution in [3.63, 3.8) is 0 Å². The zero-order valence-corrected chi connectivity index (χ0v) is 13.0. The van der Waals surface area contributed by atoms with Crippen molar-refractivity contribution < 1.29 is 8.78 Å². The monoisotopic (exact) mass is 300 g/mol. The lowest BCUT2D eigenvalue weighted by atomic mass is 9.77. The summed E-state index contributed by atoms with van der Waals surface area (Å²) < 4.78 is 26.3. The van der Waals surface area contributed by atoms with Gasteiger partial charge in [0, 0.05) is 0 Å². The molecule has 0 unspecified atom stereocenters. The molecule has 0 heterocycles. The van der Waals surface area contributed by atoms with Crippen molar-refractivity contribution in [3.8, 4) is 11.1 Å². The van der Waals surface area contributed by atoms with Crippen LogP contribution in [0.15, 0.2) is 42.5 Å². The molecule has 2 aromatic carbocycles. The van der Waals surface area contributed by atoms with E-state index in [9.17, 15) is 8.78 Å². The first-order chi connectivity index (χ1) is 10.7. The molecule has 2 aromatic rings. The van der Waals surface area contributed by atoms with Gasteiger partial charge in [0.25, 0.3) is 0 Å². The van der Waals surface area contributed by atoms with Crippen molar-refractivity contribution in [2.75, 3.05) is 0 Å². The highest BCUT2D eigenvalue weighted by molar-refractivity contribution is 5.63. The van der Waals surface area contributed by atoms with E-state index in [1.807, 2.05) is 12.1 Å². The molecule has 0 bridgehead atoms. The maximum atomic E-state index is 13.3. The molecule has 1 aliphatic carbocycles. The van der Waals surface area contributed by atoms with Gasteiger partial charge in [-0.3, -0.25) is 0 Å². The summed E-state index contributed by atoms with van der Waals surface area (Å²) >= 11 is 0. The fourth-order valence-corrected chi connectivity index (χ4v) is 3.53. The fourth-order valence-electron chi connectivity index (χ4n) is 3.53. The van der Waals surface area contributed by atoms with Gasteiger partial charge in [0.2, 0.25) is 0 Å². The molecule has 1 saturated carbocycles. The van der Waals surface area contributed by atoms with E-state index in [0.29, 0.717) is 5.92 Å². The van der Waals surface area contributed by atoms with Gasteiger partial charge in [0.1, 0.15) is 0 Å². The molecule has 22 heavy (non-hydrogen) atoms. The van der Waals surface area contributed by atoms with Gasteiger partial charge < -0.3 is 0 Å². The first kappa shape index (κ1) is 15.2. The molecular formula is C20H22F2. The molecule has 2 heteroatoms. The molecule has 0 aromatic heterocycles. The number of hydrogen-bond donors (Lipinski definition) is 0. The van der Waals surface area contributed by atoms with E-state index in [0.717, 1.165) is 17.0 Å². The van der Waals surface area contributed by atoms with Crippen LogP contribution < -0.4 is 0 Å². The molecule has 0 nitrogen and oxygen atoms in total. The number of halogens is 2. The number of benzene rings is 2. The third-order valence-corrected chi connectivity index (χ3v) is 5.06. The van der Waals surface area contributed by atoms with Gasteiger partial charge in [-0.15, -0.1) is 0 Å². The van der Waals surface area contributed by atoms with Crippen molar-refractivity contribution in [1.82, 2.24) is 0 Å². The highest BCUT2D eigenvalue weighted by Crippen LogP contribution is 2.37. The van der Waals surface area contributed by atoms with E-state index >= 15 is 0 Å². The minimum Gasteiger partial charge on any atom is -0.204 e.